The number of hydrogen-bond donors (Lipinski definition) is 2. The van der Waals surface area contributed by atoms with Gasteiger partial charge in [0.05, 0.1) is 17.3 Å². The number of nitrogens with one attached hydrogen (secondary N) is 1. The third-order valence-corrected chi connectivity index (χ3v) is 3.52. The highest BCUT2D eigenvalue weighted by Crippen LogP contribution is 2.33. The predicted octanol–water partition coefficient (Wildman–Crippen LogP) is 2.63. The lowest BCUT2D eigenvalue weighted by atomic mass is 10.1. The number of nitrogens with zero attached hydrogens (tertiary/aromatic N) is 1. The zero-order valence-corrected chi connectivity index (χ0v) is 11.7. The summed E-state index contributed by atoms with van der Waals surface area (Å²) in [7, 11) is 1.28. The molecule has 0 amide bonds. The van der Waals surface area contributed by atoms with Gasteiger partial charge in [-0.25, -0.2) is 8.78 Å². The van der Waals surface area contributed by atoms with E-state index in [1.165, 1.54) is 7.11 Å². The fourth-order valence-electron chi connectivity index (χ4n) is 1.72. The first-order valence-electron chi connectivity index (χ1n) is 5.54. The highest BCUT2D eigenvalue weighted by Gasteiger charge is 2.18. The van der Waals surface area contributed by atoms with Crippen molar-refractivity contribution in [3.8, 4) is 17.0 Å². The Morgan fingerprint density at radius 1 is 1.37 bits per heavy atom. The van der Waals surface area contributed by atoms with E-state index in [1.54, 1.807) is 0 Å². The molecule has 0 atom stereocenters. The van der Waals surface area contributed by atoms with Crippen LogP contribution in [0.5, 0.6) is 5.75 Å². The van der Waals surface area contributed by atoms with E-state index >= 15 is 0 Å². The molecule has 0 radical (unpaired) electrons. The summed E-state index contributed by atoms with van der Waals surface area (Å²) in [5.74, 6) is -1.39. The molecule has 4 nitrogen and oxygen atoms in total. The standard InChI is InChI=1S/C12H12BrF2N3O/c1-19-10-5-7(14)6(4-8(10)15)12-11(13)9(2-3-16)17-18-12/h4-5H,2-3,16H2,1H3,(H,17,18). The van der Waals surface area contributed by atoms with E-state index in [1.807, 2.05) is 0 Å². The van der Waals surface area contributed by atoms with Crippen LogP contribution in [-0.4, -0.2) is 23.9 Å². The molecule has 19 heavy (non-hydrogen) atoms. The summed E-state index contributed by atoms with van der Waals surface area (Å²) in [5, 5.41) is 6.74. The van der Waals surface area contributed by atoms with Gasteiger partial charge in [-0.3, -0.25) is 5.10 Å². The van der Waals surface area contributed by atoms with E-state index < -0.39 is 11.6 Å². The second-order valence-corrected chi connectivity index (χ2v) is 4.66. The summed E-state index contributed by atoms with van der Waals surface area (Å²) in [6, 6.07) is 2.05. The molecule has 2 rings (SSSR count). The van der Waals surface area contributed by atoms with Crippen molar-refractivity contribution in [2.24, 2.45) is 5.73 Å². The van der Waals surface area contributed by atoms with E-state index in [0.29, 0.717) is 23.1 Å². The van der Waals surface area contributed by atoms with E-state index in [9.17, 15) is 8.78 Å². The first-order chi connectivity index (χ1) is 9.08. The summed E-state index contributed by atoms with van der Waals surface area (Å²) in [6.45, 7) is 0.430. The van der Waals surface area contributed by atoms with Gasteiger partial charge in [0.2, 0.25) is 0 Å². The summed E-state index contributed by atoms with van der Waals surface area (Å²) in [6.07, 6.45) is 0.563. The Morgan fingerprint density at radius 3 is 2.74 bits per heavy atom. The van der Waals surface area contributed by atoms with Gasteiger partial charge >= 0.3 is 0 Å². The molecule has 2 aromatic rings. The second kappa shape index (κ2) is 5.66. The van der Waals surface area contributed by atoms with Crippen LogP contribution < -0.4 is 10.5 Å². The van der Waals surface area contributed by atoms with Gasteiger partial charge in [0, 0.05) is 18.1 Å². The van der Waals surface area contributed by atoms with Crippen LogP contribution in [0.2, 0.25) is 0 Å². The molecule has 1 aromatic heterocycles. The Labute approximate surface area is 117 Å². The SMILES string of the molecule is COc1cc(F)c(-c2n[nH]c(CCN)c2Br)cc1F. The van der Waals surface area contributed by atoms with Gasteiger partial charge < -0.3 is 10.5 Å². The van der Waals surface area contributed by atoms with Gasteiger partial charge in [0.1, 0.15) is 11.5 Å². The highest BCUT2D eigenvalue weighted by molar-refractivity contribution is 9.10. The van der Waals surface area contributed by atoms with Gasteiger partial charge in [-0.2, -0.15) is 5.10 Å². The topological polar surface area (TPSA) is 63.9 Å². The Bertz CT molecular complexity index is 601. The molecule has 0 fully saturated rings. The van der Waals surface area contributed by atoms with Crippen LogP contribution in [0.1, 0.15) is 5.69 Å². The fraction of sp³-hybridized carbons (Fsp3) is 0.250. The molecule has 0 saturated carbocycles. The average molecular weight is 332 g/mol. The maximum Gasteiger partial charge on any atom is 0.165 e. The van der Waals surface area contributed by atoms with Crippen LogP contribution in [0.4, 0.5) is 8.78 Å². The number of aromatic amines is 1. The molecule has 0 bridgehead atoms. The number of benzene rings is 1. The molecule has 3 N–H and O–H groups in total. The van der Waals surface area contributed by atoms with Crippen LogP contribution in [0.15, 0.2) is 16.6 Å². The summed E-state index contributed by atoms with van der Waals surface area (Å²) >= 11 is 3.31. The molecule has 0 unspecified atom stereocenters. The zero-order chi connectivity index (χ0) is 14.0. The molecule has 0 aliphatic rings. The molecule has 1 aromatic carbocycles. The third kappa shape index (κ3) is 2.62. The molecule has 0 aliphatic carbocycles. The fourth-order valence-corrected chi connectivity index (χ4v) is 2.31. The Hall–Kier alpha value is -1.47. The monoisotopic (exact) mass is 331 g/mol. The van der Waals surface area contributed by atoms with Gasteiger partial charge in [0.15, 0.2) is 11.6 Å². The molecule has 0 spiro atoms. The molecule has 102 valence electrons. The predicted molar refractivity (Wildman–Crippen MR) is 71.0 cm³/mol. The molecular formula is C12H12BrF2N3O. The number of H-pyrrole nitrogens is 1. The number of aromatic nitrogens is 2. The molecule has 1 heterocycles. The van der Waals surface area contributed by atoms with E-state index in [4.69, 9.17) is 10.5 Å². The van der Waals surface area contributed by atoms with E-state index in [-0.39, 0.29) is 11.3 Å². The number of rotatable bonds is 4. The van der Waals surface area contributed by atoms with Gasteiger partial charge in [-0.05, 0) is 28.5 Å². The maximum absolute atomic E-state index is 13.9. The zero-order valence-electron chi connectivity index (χ0n) is 10.1. The lowest BCUT2D eigenvalue weighted by Crippen LogP contribution is -2.03. The minimum absolute atomic E-state index is 0.0599. The van der Waals surface area contributed by atoms with Gasteiger partial charge in [-0.1, -0.05) is 0 Å². The number of nitrogens with two attached hydrogens (primary N) is 1. The number of methoxy groups -OCH3 is 1. The van der Waals surface area contributed by atoms with Crippen LogP contribution >= 0.6 is 15.9 Å². The molecule has 0 saturated heterocycles. The van der Waals surface area contributed by atoms with Gasteiger partial charge in [-0.15, -0.1) is 0 Å². The minimum atomic E-state index is -0.644. The number of halogens is 3. The third-order valence-electron chi connectivity index (χ3n) is 2.67. The van der Waals surface area contributed by atoms with Crippen molar-refractivity contribution < 1.29 is 13.5 Å². The van der Waals surface area contributed by atoms with Crippen molar-refractivity contribution >= 4 is 15.9 Å². The normalized spacial score (nSPS) is 10.8. The summed E-state index contributed by atoms with van der Waals surface area (Å²) in [4.78, 5) is 0. The first kappa shape index (κ1) is 14.0. The quantitative estimate of drug-likeness (QED) is 0.905. The van der Waals surface area contributed by atoms with Crippen molar-refractivity contribution in [1.29, 1.82) is 0 Å². The molecular weight excluding hydrogens is 320 g/mol. The number of hydrogen-bond acceptors (Lipinski definition) is 3. The summed E-state index contributed by atoms with van der Waals surface area (Å²) in [5.41, 5.74) is 6.56. The van der Waals surface area contributed by atoms with E-state index in [0.717, 1.165) is 17.8 Å². The largest absolute Gasteiger partial charge is 0.494 e. The Kier molecular flexibility index (Phi) is 4.16. The molecule has 7 heteroatoms. The van der Waals surface area contributed by atoms with Crippen LogP contribution in [0, 0.1) is 11.6 Å². The smallest absolute Gasteiger partial charge is 0.165 e. The first-order valence-corrected chi connectivity index (χ1v) is 6.34. The van der Waals surface area contributed by atoms with Crippen molar-refractivity contribution in [3.05, 3.63) is 33.9 Å². The summed E-state index contributed by atoms with van der Waals surface area (Å²) < 4.78 is 32.9. The van der Waals surface area contributed by atoms with Crippen molar-refractivity contribution in [1.82, 2.24) is 10.2 Å². The lowest BCUT2D eigenvalue weighted by molar-refractivity contribution is 0.383. The lowest BCUT2D eigenvalue weighted by Gasteiger charge is -2.05. The van der Waals surface area contributed by atoms with Crippen molar-refractivity contribution in [3.63, 3.8) is 0 Å². The van der Waals surface area contributed by atoms with Gasteiger partial charge in [0.25, 0.3) is 0 Å². The maximum atomic E-state index is 13.9. The molecule has 0 aliphatic heterocycles. The minimum Gasteiger partial charge on any atom is -0.494 e. The van der Waals surface area contributed by atoms with E-state index in [2.05, 4.69) is 26.1 Å². The van der Waals surface area contributed by atoms with Crippen molar-refractivity contribution in [2.45, 2.75) is 6.42 Å². The second-order valence-electron chi connectivity index (χ2n) is 3.87. The highest BCUT2D eigenvalue weighted by atomic mass is 79.9. The Balaban J connectivity index is 2.50. The van der Waals surface area contributed by atoms with Crippen molar-refractivity contribution in [2.75, 3.05) is 13.7 Å². The van der Waals surface area contributed by atoms with Crippen LogP contribution in [0.25, 0.3) is 11.3 Å². The average Bonchev–Trinajstić information content (AvgIpc) is 2.74. The number of ether oxygens (including phenoxy) is 1. The van der Waals surface area contributed by atoms with Crippen LogP contribution in [-0.2, 0) is 6.42 Å². The Morgan fingerprint density at radius 2 is 2.11 bits per heavy atom. The van der Waals surface area contributed by atoms with Crippen LogP contribution in [0.3, 0.4) is 0 Å².